The van der Waals surface area contributed by atoms with E-state index in [-0.39, 0.29) is 11.9 Å². The highest BCUT2D eigenvalue weighted by Gasteiger charge is 2.26. The number of rotatable bonds is 3. The SMILES string of the molecule is COC(=O)c1c(NC(=O)c2ccc(Br)cc2)sc2c1CCCCCC2. The van der Waals surface area contributed by atoms with Crippen molar-refractivity contribution in [2.24, 2.45) is 0 Å². The van der Waals surface area contributed by atoms with Gasteiger partial charge in [0, 0.05) is 14.9 Å². The van der Waals surface area contributed by atoms with Crippen molar-refractivity contribution in [3.05, 3.63) is 50.3 Å². The summed E-state index contributed by atoms with van der Waals surface area (Å²) in [7, 11) is 1.38. The Labute approximate surface area is 159 Å². The Morgan fingerprint density at radius 2 is 1.76 bits per heavy atom. The molecule has 0 radical (unpaired) electrons. The summed E-state index contributed by atoms with van der Waals surface area (Å²) in [6.45, 7) is 0. The molecule has 1 aliphatic rings. The molecule has 0 unspecified atom stereocenters. The van der Waals surface area contributed by atoms with Crippen LogP contribution in [0.3, 0.4) is 0 Å². The molecule has 3 rings (SSSR count). The minimum atomic E-state index is -0.371. The summed E-state index contributed by atoms with van der Waals surface area (Å²) in [4.78, 5) is 26.1. The molecule has 1 N–H and O–H groups in total. The van der Waals surface area contributed by atoms with E-state index in [0.717, 1.165) is 35.7 Å². The Balaban J connectivity index is 1.94. The first kappa shape index (κ1) is 18.1. The normalized spacial score (nSPS) is 14.2. The van der Waals surface area contributed by atoms with Crippen LogP contribution in [-0.4, -0.2) is 19.0 Å². The average molecular weight is 422 g/mol. The molecule has 0 saturated heterocycles. The fourth-order valence-corrected chi connectivity index (χ4v) is 4.64. The summed E-state index contributed by atoms with van der Waals surface area (Å²) in [5, 5.41) is 3.53. The standard InChI is InChI=1S/C19H20BrNO3S/c1-24-19(23)16-14-6-4-2-3-5-7-15(14)25-18(16)21-17(22)12-8-10-13(20)11-9-12/h8-11H,2-7H2,1H3,(H,21,22). The van der Waals surface area contributed by atoms with Crippen molar-refractivity contribution < 1.29 is 14.3 Å². The molecule has 0 spiro atoms. The van der Waals surface area contributed by atoms with Gasteiger partial charge in [0.05, 0.1) is 12.7 Å². The molecular weight excluding hydrogens is 402 g/mol. The van der Waals surface area contributed by atoms with E-state index >= 15 is 0 Å². The molecule has 1 aliphatic carbocycles. The molecule has 1 heterocycles. The number of fused-ring (bicyclic) bond motifs is 1. The number of thiophene rings is 1. The maximum absolute atomic E-state index is 12.6. The van der Waals surface area contributed by atoms with Crippen molar-refractivity contribution in [3.8, 4) is 0 Å². The van der Waals surface area contributed by atoms with E-state index in [0.29, 0.717) is 16.1 Å². The van der Waals surface area contributed by atoms with Crippen molar-refractivity contribution in [2.45, 2.75) is 38.5 Å². The van der Waals surface area contributed by atoms with Crippen molar-refractivity contribution in [1.82, 2.24) is 0 Å². The van der Waals surface area contributed by atoms with Crippen LogP contribution in [0.5, 0.6) is 0 Å². The quantitative estimate of drug-likeness (QED) is 0.691. The highest BCUT2D eigenvalue weighted by molar-refractivity contribution is 9.10. The number of halogens is 1. The third-order valence-corrected chi connectivity index (χ3v) is 6.13. The summed E-state index contributed by atoms with van der Waals surface area (Å²) in [5.41, 5.74) is 2.15. The molecule has 1 aromatic carbocycles. The average Bonchev–Trinajstić information content (AvgIpc) is 2.91. The van der Waals surface area contributed by atoms with Gasteiger partial charge >= 0.3 is 5.97 Å². The third kappa shape index (κ3) is 4.12. The van der Waals surface area contributed by atoms with Crippen LogP contribution in [0.2, 0.25) is 0 Å². The van der Waals surface area contributed by atoms with Crippen molar-refractivity contribution >= 4 is 44.1 Å². The smallest absolute Gasteiger partial charge is 0.341 e. The number of aryl methyl sites for hydroxylation is 1. The van der Waals surface area contributed by atoms with Crippen molar-refractivity contribution in [3.63, 3.8) is 0 Å². The van der Waals surface area contributed by atoms with E-state index in [4.69, 9.17) is 4.74 Å². The van der Waals surface area contributed by atoms with Crippen LogP contribution in [-0.2, 0) is 17.6 Å². The van der Waals surface area contributed by atoms with Gasteiger partial charge in [0.15, 0.2) is 0 Å². The molecule has 0 fully saturated rings. The maximum atomic E-state index is 12.6. The summed E-state index contributed by atoms with van der Waals surface area (Å²) < 4.78 is 5.90. The van der Waals surface area contributed by atoms with Gasteiger partial charge in [0.2, 0.25) is 0 Å². The molecule has 1 amide bonds. The van der Waals surface area contributed by atoms with Gasteiger partial charge in [-0.15, -0.1) is 11.3 Å². The van der Waals surface area contributed by atoms with Crippen LogP contribution in [0.4, 0.5) is 5.00 Å². The topological polar surface area (TPSA) is 55.4 Å². The zero-order valence-electron chi connectivity index (χ0n) is 14.1. The number of anilines is 1. The lowest BCUT2D eigenvalue weighted by Gasteiger charge is -2.11. The van der Waals surface area contributed by atoms with Gasteiger partial charge in [-0.1, -0.05) is 28.8 Å². The molecule has 0 saturated carbocycles. The molecule has 1 aromatic heterocycles. The second-order valence-corrected chi connectivity index (χ2v) is 8.10. The predicted octanol–water partition coefficient (Wildman–Crippen LogP) is 5.21. The summed E-state index contributed by atoms with van der Waals surface area (Å²) in [5.74, 6) is -0.587. The monoisotopic (exact) mass is 421 g/mol. The van der Waals surface area contributed by atoms with E-state index < -0.39 is 0 Å². The number of amides is 1. The maximum Gasteiger partial charge on any atom is 0.341 e. The van der Waals surface area contributed by atoms with Crippen LogP contribution in [0.1, 0.15) is 56.8 Å². The lowest BCUT2D eigenvalue weighted by molar-refractivity contribution is 0.0601. The Morgan fingerprint density at radius 1 is 1.08 bits per heavy atom. The van der Waals surface area contributed by atoms with Crippen LogP contribution in [0, 0.1) is 0 Å². The molecular formula is C19H20BrNO3S. The molecule has 4 nitrogen and oxygen atoms in total. The van der Waals surface area contributed by atoms with Crippen LogP contribution in [0.15, 0.2) is 28.7 Å². The zero-order valence-corrected chi connectivity index (χ0v) is 16.5. The molecule has 0 bridgehead atoms. The number of esters is 1. The van der Waals surface area contributed by atoms with Crippen LogP contribution < -0.4 is 5.32 Å². The minimum absolute atomic E-state index is 0.216. The fourth-order valence-electron chi connectivity index (χ4n) is 3.10. The highest BCUT2D eigenvalue weighted by Crippen LogP contribution is 2.37. The molecule has 0 aliphatic heterocycles. The number of ether oxygens (including phenoxy) is 1. The van der Waals surface area contributed by atoms with Gasteiger partial charge in [-0.2, -0.15) is 0 Å². The van der Waals surface area contributed by atoms with Gasteiger partial charge < -0.3 is 10.1 Å². The predicted molar refractivity (Wildman–Crippen MR) is 104 cm³/mol. The number of carbonyl (C=O) groups is 2. The Morgan fingerprint density at radius 3 is 2.44 bits per heavy atom. The summed E-state index contributed by atoms with van der Waals surface area (Å²) >= 11 is 4.88. The van der Waals surface area contributed by atoms with E-state index in [1.165, 1.54) is 36.2 Å². The van der Waals surface area contributed by atoms with E-state index in [1.54, 1.807) is 12.1 Å². The van der Waals surface area contributed by atoms with Crippen LogP contribution in [0.25, 0.3) is 0 Å². The zero-order chi connectivity index (χ0) is 17.8. The highest BCUT2D eigenvalue weighted by atomic mass is 79.9. The van der Waals surface area contributed by atoms with E-state index in [2.05, 4.69) is 21.2 Å². The fraction of sp³-hybridized carbons (Fsp3) is 0.368. The summed E-state index contributed by atoms with van der Waals surface area (Å²) in [6, 6.07) is 7.15. The van der Waals surface area contributed by atoms with Gasteiger partial charge in [-0.05, 0) is 55.5 Å². The van der Waals surface area contributed by atoms with Gasteiger partial charge in [0.1, 0.15) is 5.00 Å². The number of benzene rings is 1. The number of hydrogen-bond donors (Lipinski definition) is 1. The number of carbonyl (C=O) groups excluding carboxylic acids is 2. The first-order valence-electron chi connectivity index (χ1n) is 8.40. The first-order valence-corrected chi connectivity index (χ1v) is 10.0. The largest absolute Gasteiger partial charge is 0.465 e. The van der Waals surface area contributed by atoms with Gasteiger partial charge in [-0.3, -0.25) is 4.79 Å². The molecule has 132 valence electrons. The minimum Gasteiger partial charge on any atom is -0.465 e. The molecule has 25 heavy (non-hydrogen) atoms. The number of methoxy groups -OCH3 is 1. The van der Waals surface area contributed by atoms with E-state index in [1.807, 2.05) is 12.1 Å². The molecule has 2 aromatic rings. The molecule has 0 atom stereocenters. The van der Waals surface area contributed by atoms with Gasteiger partial charge in [-0.25, -0.2) is 4.79 Å². The Kier molecular flexibility index (Phi) is 5.91. The Hall–Kier alpha value is -1.66. The third-order valence-electron chi connectivity index (χ3n) is 4.39. The van der Waals surface area contributed by atoms with Crippen molar-refractivity contribution in [2.75, 3.05) is 12.4 Å². The van der Waals surface area contributed by atoms with Crippen molar-refractivity contribution in [1.29, 1.82) is 0 Å². The lowest BCUT2D eigenvalue weighted by Crippen LogP contribution is -2.14. The number of nitrogens with one attached hydrogen (secondary N) is 1. The van der Waals surface area contributed by atoms with Gasteiger partial charge in [0.25, 0.3) is 5.91 Å². The molecule has 6 heteroatoms. The summed E-state index contributed by atoms with van der Waals surface area (Å²) in [6.07, 6.45) is 6.40. The number of hydrogen-bond acceptors (Lipinski definition) is 4. The lowest BCUT2D eigenvalue weighted by atomic mass is 9.96. The van der Waals surface area contributed by atoms with E-state index in [9.17, 15) is 9.59 Å². The van der Waals surface area contributed by atoms with Crippen LogP contribution >= 0.6 is 27.3 Å². The first-order chi connectivity index (χ1) is 12.1. The Bertz CT molecular complexity index is 783. The second-order valence-electron chi connectivity index (χ2n) is 6.07. The second kappa shape index (κ2) is 8.15.